The van der Waals surface area contributed by atoms with Crippen LogP contribution in [0.5, 0.6) is 0 Å². The zero-order valence-electron chi connectivity index (χ0n) is 21.9. The van der Waals surface area contributed by atoms with E-state index in [2.05, 4.69) is 51.8 Å². The number of halogens is 2. The molecule has 0 spiro atoms. The van der Waals surface area contributed by atoms with Crippen molar-refractivity contribution in [2.45, 2.75) is 7.43 Å². The molecular weight excluding hydrogens is 679 g/mol. The molecule has 210 valence electrons. The van der Waals surface area contributed by atoms with Crippen molar-refractivity contribution in [1.29, 1.82) is 0 Å². The summed E-state index contributed by atoms with van der Waals surface area (Å²) >= 11 is 6.74. The number of nitrogens with zero attached hydrogens (tertiary/aromatic N) is 2. The number of aromatic amines is 2. The number of aromatic nitrogens is 4. The molecule has 42 heavy (non-hydrogen) atoms. The third kappa shape index (κ3) is 7.17. The van der Waals surface area contributed by atoms with Gasteiger partial charge in [-0.15, -0.1) is 0 Å². The predicted octanol–water partition coefficient (Wildman–Crippen LogP) is 4.93. The predicted molar refractivity (Wildman–Crippen MR) is 165 cm³/mol. The Morgan fingerprint density at radius 3 is 1.62 bits per heavy atom. The normalized spacial score (nSPS) is 9.98. The number of carbonyl (C=O) groups is 2. The molecular formula is C30H25Br2N4NaO5. The van der Waals surface area contributed by atoms with Crippen LogP contribution in [0.2, 0.25) is 0 Å². The van der Waals surface area contributed by atoms with E-state index in [4.69, 9.17) is 9.84 Å². The molecule has 0 atom stereocenters. The van der Waals surface area contributed by atoms with Gasteiger partial charge in [0.2, 0.25) is 0 Å². The molecule has 0 fully saturated rings. The van der Waals surface area contributed by atoms with Crippen LogP contribution in [0.1, 0.15) is 28.4 Å². The van der Waals surface area contributed by atoms with Gasteiger partial charge in [-0.2, -0.15) is 0 Å². The number of benzene rings is 2. The van der Waals surface area contributed by atoms with Gasteiger partial charge in [-0.05, 0) is 67.3 Å². The first kappa shape index (κ1) is 34.9. The summed E-state index contributed by atoms with van der Waals surface area (Å²) in [4.78, 5) is 36.9. The number of carboxylic acids is 1. The standard InChI is InChI=1S/C15H11BrN2O2.C14H9BrN2O2.CH4.Na.H2O/c1-20-15(19)14-13(16)11-5-4-9(7-12(11)18-14)10-3-2-6-17-8-10;15-12-10-4-3-8(9-2-1-5-16-7-9)6-11(10)17-13(12)14(18)19;;;/h2-8,18H,1H3;1-7,17H,(H,18,19);1H4;;1H2/q;;;+1;/p-1. The molecule has 6 rings (SSSR count). The molecule has 0 bridgehead atoms. The number of pyridine rings is 2. The van der Waals surface area contributed by atoms with Crippen LogP contribution in [0.3, 0.4) is 0 Å². The molecule has 0 saturated carbocycles. The van der Waals surface area contributed by atoms with Crippen LogP contribution in [0.15, 0.2) is 94.4 Å². The number of hydrogen-bond acceptors (Lipinski definition) is 6. The minimum atomic E-state index is -0.981. The number of nitrogens with one attached hydrogen (secondary N) is 2. The molecule has 0 unspecified atom stereocenters. The SMILES string of the molecule is C.COC(=O)c1[nH]c2cc(-c3cccnc3)ccc2c1Br.O=C(O)c1[nH]c2cc(-c3cccnc3)ccc2c1Br.[Na+].[OH-]. The Labute approximate surface area is 280 Å². The Morgan fingerprint density at radius 1 is 0.762 bits per heavy atom. The number of ether oxygens (including phenoxy) is 1. The first-order valence-electron chi connectivity index (χ1n) is 11.6. The van der Waals surface area contributed by atoms with Crippen LogP contribution in [-0.4, -0.2) is 49.6 Å². The van der Waals surface area contributed by atoms with Gasteiger partial charge in [0, 0.05) is 57.7 Å². The Balaban J connectivity index is 0.000000274. The van der Waals surface area contributed by atoms with E-state index in [0.29, 0.717) is 10.2 Å². The van der Waals surface area contributed by atoms with E-state index in [1.165, 1.54) is 7.11 Å². The molecule has 4 heterocycles. The van der Waals surface area contributed by atoms with Gasteiger partial charge in [0.1, 0.15) is 11.4 Å². The van der Waals surface area contributed by atoms with Crippen LogP contribution in [0.25, 0.3) is 44.1 Å². The first-order valence-corrected chi connectivity index (χ1v) is 13.2. The van der Waals surface area contributed by atoms with Crippen molar-refractivity contribution >= 4 is 65.6 Å². The number of methoxy groups -OCH3 is 1. The summed E-state index contributed by atoms with van der Waals surface area (Å²) in [6.07, 6.45) is 7.04. The molecule has 6 aromatic rings. The summed E-state index contributed by atoms with van der Waals surface area (Å²) in [5.41, 5.74) is 6.29. The van der Waals surface area contributed by atoms with Gasteiger partial charge in [0.05, 0.1) is 16.1 Å². The molecule has 2 aromatic carbocycles. The van der Waals surface area contributed by atoms with Crippen LogP contribution in [0, 0.1) is 0 Å². The van der Waals surface area contributed by atoms with Gasteiger partial charge in [0.25, 0.3) is 0 Å². The van der Waals surface area contributed by atoms with Crippen LogP contribution < -0.4 is 29.6 Å². The number of H-pyrrole nitrogens is 2. The van der Waals surface area contributed by atoms with Crippen molar-refractivity contribution in [1.82, 2.24) is 19.9 Å². The summed E-state index contributed by atoms with van der Waals surface area (Å²) in [6.45, 7) is 0. The minimum absolute atomic E-state index is 0. The summed E-state index contributed by atoms with van der Waals surface area (Å²) in [5, 5.41) is 10.9. The topological polar surface area (TPSA) is 151 Å². The van der Waals surface area contributed by atoms with Crippen molar-refractivity contribution < 1.29 is 54.5 Å². The summed E-state index contributed by atoms with van der Waals surface area (Å²) < 4.78 is 6.05. The fraction of sp³-hybridized carbons (Fsp3) is 0.0667. The smallest absolute Gasteiger partial charge is 0.870 e. The van der Waals surface area contributed by atoms with E-state index in [1.54, 1.807) is 24.8 Å². The molecule has 4 N–H and O–H groups in total. The maximum Gasteiger partial charge on any atom is 1.00 e. The third-order valence-corrected chi connectivity index (χ3v) is 7.71. The molecule has 0 aliphatic carbocycles. The zero-order chi connectivity index (χ0) is 27.5. The van der Waals surface area contributed by atoms with Crippen molar-refractivity contribution in [2.75, 3.05) is 7.11 Å². The number of hydrogen-bond donors (Lipinski definition) is 3. The number of esters is 1. The molecule has 12 heteroatoms. The number of carboxylic acid groups (broad SMARTS) is 1. The van der Waals surface area contributed by atoms with Gasteiger partial charge in [0.15, 0.2) is 0 Å². The van der Waals surface area contributed by atoms with E-state index < -0.39 is 11.9 Å². The molecule has 0 saturated heterocycles. The van der Waals surface area contributed by atoms with E-state index >= 15 is 0 Å². The average Bonchev–Trinajstić information content (AvgIpc) is 3.49. The molecule has 0 aliphatic heterocycles. The largest absolute Gasteiger partial charge is 1.00 e. The third-order valence-electron chi connectivity index (χ3n) is 6.06. The van der Waals surface area contributed by atoms with Gasteiger partial charge >= 0.3 is 41.5 Å². The first-order chi connectivity index (χ1) is 18.9. The van der Waals surface area contributed by atoms with Crippen molar-refractivity contribution in [3.05, 3.63) is 106 Å². The Kier molecular flexibility index (Phi) is 12.7. The molecule has 4 aromatic heterocycles. The second kappa shape index (κ2) is 15.2. The van der Waals surface area contributed by atoms with Gasteiger partial charge in [-0.3, -0.25) is 9.97 Å². The van der Waals surface area contributed by atoms with Crippen molar-refractivity contribution in [3.63, 3.8) is 0 Å². The van der Waals surface area contributed by atoms with Crippen molar-refractivity contribution in [2.24, 2.45) is 0 Å². The van der Waals surface area contributed by atoms with E-state index in [1.807, 2.05) is 60.7 Å². The maximum atomic E-state index is 11.7. The fourth-order valence-corrected chi connectivity index (χ4v) is 5.36. The number of aromatic carboxylic acids is 1. The number of carbonyl (C=O) groups excluding carboxylic acids is 1. The summed E-state index contributed by atoms with van der Waals surface area (Å²) in [7, 11) is 1.36. The molecule has 0 aliphatic rings. The molecule has 9 nitrogen and oxygen atoms in total. The van der Waals surface area contributed by atoms with E-state index in [-0.39, 0.29) is 48.2 Å². The van der Waals surface area contributed by atoms with Crippen LogP contribution >= 0.6 is 31.9 Å². The Bertz CT molecular complexity index is 1830. The second-order valence-corrected chi connectivity index (χ2v) is 10.0. The quantitative estimate of drug-likeness (QED) is 0.174. The van der Waals surface area contributed by atoms with Crippen LogP contribution in [-0.2, 0) is 4.74 Å². The van der Waals surface area contributed by atoms with Gasteiger partial charge in [-0.1, -0.05) is 43.8 Å². The maximum absolute atomic E-state index is 11.7. The number of fused-ring (bicyclic) bond motifs is 2. The summed E-state index contributed by atoms with van der Waals surface area (Å²) in [6, 6.07) is 19.4. The molecule has 0 radical (unpaired) electrons. The van der Waals surface area contributed by atoms with Crippen LogP contribution in [0.4, 0.5) is 0 Å². The second-order valence-electron chi connectivity index (χ2n) is 8.43. The Hall–Kier alpha value is -3.32. The zero-order valence-corrected chi connectivity index (χ0v) is 27.0. The fourth-order valence-electron chi connectivity index (χ4n) is 4.14. The van der Waals surface area contributed by atoms with E-state index in [9.17, 15) is 9.59 Å². The average molecular weight is 704 g/mol. The monoisotopic (exact) mass is 702 g/mol. The Morgan fingerprint density at radius 2 is 1.21 bits per heavy atom. The van der Waals surface area contributed by atoms with E-state index in [0.717, 1.165) is 48.5 Å². The van der Waals surface area contributed by atoms with Crippen molar-refractivity contribution in [3.8, 4) is 22.3 Å². The minimum Gasteiger partial charge on any atom is -0.870 e. The molecule has 0 amide bonds. The van der Waals surface area contributed by atoms with Gasteiger partial charge in [-0.25, -0.2) is 9.59 Å². The van der Waals surface area contributed by atoms with Gasteiger partial charge < -0.3 is 25.3 Å². The number of rotatable bonds is 4. The summed E-state index contributed by atoms with van der Waals surface area (Å²) in [5.74, 6) is -1.37.